The van der Waals surface area contributed by atoms with Crippen LogP contribution in [0.3, 0.4) is 0 Å². The van der Waals surface area contributed by atoms with Gasteiger partial charge in [0.25, 0.3) is 5.91 Å². The summed E-state index contributed by atoms with van der Waals surface area (Å²) in [6.07, 6.45) is 3.23. The molecule has 1 saturated heterocycles. The third kappa shape index (κ3) is 2.88. The summed E-state index contributed by atoms with van der Waals surface area (Å²) >= 11 is 0. The average molecular weight is 341 g/mol. The largest absolute Gasteiger partial charge is 0.293 e. The van der Waals surface area contributed by atoms with E-state index >= 15 is 0 Å². The van der Waals surface area contributed by atoms with Crippen molar-refractivity contribution in [2.24, 2.45) is 7.05 Å². The molecule has 0 radical (unpaired) electrons. The molecule has 0 spiro atoms. The Bertz CT molecular complexity index is 919. The van der Waals surface area contributed by atoms with E-state index in [9.17, 15) is 9.18 Å². The molecule has 0 N–H and O–H groups in total. The van der Waals surface area contributed by atoms with Crippen LogP contribution in [0.4, 0.5) is 10.2 Å². The summed E-state index contributed by atoms with van der Waals surface area (Å²) in [6, 6.07) is 7.24. The van der Waals surface area contributed by atoms with Crippen molar-refractivity contribution in [3.05, 3.63) is 42.3 Å². The lowest BCUT2D eigenvalue weighted by atomic mass is 10.1. The van der Waals surface area contributed by atoms with Gasteiger partial charge in [-0.25, -0.2) is 4.39 Å². The SMILES string of the molecule is Cn1ccc(N2CCC[C@@H](n3nnc(-c4cccc(F)c4)n3)C2=O)n1. The van der Waals surface area contributed by atoms with Gasteiger partial charge in [-0.05, 0) is 30.2 Å². The number of anilines is 1. The molecule has 1 aromatic carbocycles. The molecule has 1 amide bonds. The highest BCUT2D eigenvalue weighted by atomic mass is 19.1. The number of nitrogens with zero attached hydrogens (tertiary/aromatic N) is 7. The Morgan fingerprint density at radius 3 is 2.88 bits per heavy atom. The molecule has 1 aliphatic rings. The lowest BCUT2D eigenvalue weighted by Crippen LogP contribution is -2.43. The normalized spacial score (nSPS) is 17.9. The predicted molar refractivity (Wildman–Crippen MR) is 87.0 cm³/mol. The lowest BCUT2D eigenvalue weighted by molar-refractivity contribution is -0.123. The van der Waals surface area contributed by atoms with Gasteiger partial charge >= 0.3 is 0 Å². The molecule has 8 nitrogen and oxygen atoms in total. The number of rotatable bonds is 3. The Morgan fingerprint density at radius 1 is 1.24 bits per heavy atom. The topological polar surface area (TPSA) is 81.7 Å². The fraction of sp³-hybridized carbons (Fsp3) is 0.312. The standard InChI is InChI=1S/C16H16FN7O/c1-22-9-7-14(19-22)23-8-3-6-13(16(23)25)24-20-15(18-21-24)11-4-2-5-12(17)10-11/h2,4-5,7,9-10,13H,3,6,8H2,1H3/t13-/m1/s1. The number of tetrazole rings is 1. The van der Waals surface area contributed by atoms with Gasteiger partial charge in [-0.2, -0.15) is 9.90 Å². The van der Waals surface area contributed by atoms with Crippen LogP contribution in [-0.2, 0) is 11.8 Å². The van der Waals surface area contributed by atoms with Crippen molar-refractivity contribution in [1.82, 2.24) is 30.0 Å². The summed E-state index contributed by atoms with van der Waals surface area (Å²) in [7, 11) is 1.81. The van der Waals surface area contributed by atoms with Gasteiger partial charge in [0.05, 0.1) is 0 Å². The van der Waals surface area contributed by atoms with Gasteiger partial charge < -0.3 is 0 Å². The van der Waals surface area contributed by atoms with Crippen LogP contribution in [0.2, 0.25) is 0 Å². The molecule has 2 aromatic heterocycles. The second-order valence-corrected chi connectivity index (χ2v) is 5.94. The molecule has 0 bridgehead atoms. The van der Waals surface area contributed by atoms with E-state index in [0.29, 0.717) is 30.2 Å². The summed E-state index contributed by atoms with van der Waals surface area (Å²) in [5.74, 6) is 0.419. The van der Waals surface area contributed by atoms with Crippen LogP contribution in [0, 0.1) is 5.82 Å². The Balaban J connectivity index is 1.60. The molecule has 1 atom stereocenters. The Labute approximate surface area is 142 Å². The van der Waals surface area contributed by atoms with Crippen LogP contribution >= 0.6 is 0 Å². The van der Waals surface area contributed by atoms with Crippen molar-refractivity contribution in [3.63, 3.8) is 0 Å². The number of aryl methyl sites for hydroxylation is 1. The molecule has 1 aliphatic heterocycles. The van der Waals surface area contributed by atoms with Crippen molar-refractivity contribution in [2.75, 3.05) is 11.4 Å². The molecule has 0 saturated carbocycles. The van der Waals surface area contributed by atoms with Gasteiger partial charge in [0.2, 0.25) is 5.82 Å². The summed E-state index contributed by atoms with van der Waals surface area (Å²) < 4.78 is 15.0. The number of benzene rings is 1. The first-order valence-corrected chi connectivity index (χ1v) is 7.98. The Kier molecular flexibility index (Phi) is 3.75. The number of hydrogen-bond donors (Lipinski definition) is 0. The summed E-state index contributed by atoms with van der Waals surface area (Å²) in [5, 5.41) is 16.5. The zero-order valence-corrected chi connectivity index (χ0v) is 13.6. The number of hydrogen-bond acceptors (Lipinski definition) is 5. The maximum Gasteiger partial charge on any atom is 0.255 e. The van der Waals surface area contributed by atoms with Crippen LogP contribution in [0.25, 0.3) is 11.4 Å². The molecule has 4 rings (SSSR count). The van der Waals surface area contributed by atoms with Crippen LogP contribution in [0.1, 0.15) is 18.9 Å². The first kappa shape index (κ1) is 15.4. The minimum absolute atomic E-state index is 0.117. The molecular weight excluding hydrogens is 325 g/mol. The molecule has 0 unspecified atom stereocenters. The third-order valence-corrected chi connectivity index (χ3v) is 4.18. The second-order valence-electron chi connectivity index (χ2n) is 5.94. The molecule has 1 fully saturated rings. The van der Waals surface area contributed by atoms with Gasteiger partial charge in [-0.3, -0.25) is 14.4 Å². The minimum Gasteiger partial charge on any atom is -0.293 e. The zero-order valence-electron chi connectivity index (χ0n) is 13.6. The van der Waals surface area contributed by atoms with Gasteiger partial charge in [-0.15, -0.1) is 10.2 Å². The van der Waals surface area contributed by atoms with Crippen molar-refractivity contribution in [1.29, 1.82) is 0 Å². The molecule has 25 heavy (non-hydrogen) atoms. The lowest BCUT2D eigenvalue weighted by Gasteiger charge is -2.29. The van der Waals surface area contributed by atoms with Crippen molar-refractivity contribution in [3.8, 4) is 11.4 Å². The van der Waals surface area contributed by atoms with E-state index in [0.717, 1.165) is 6.42 Å². The molecule has 0 aliphatic carbocycles. The van der Waals surface area contributed by atoms with Gasteiger partial charge in [0.15, 0.2) is 11.9 Å². The summed E-state index contributed by atoms with van der Waals surface area (Å²) in [6.45, 7) is 0.609. The van der Waals surface area contributed by atoms with E-state index in [4.69, 9.17) is 0 Å². The fourth-order valence-electron chi connectivity index (χ4n) is 2.95. The Morgan fingerprint density at radius 2 is 2.12 bits per heavy atom. The number of carbonyl (C=O) groups excluding carboxylic acids is 1. The van der Waals surface area contributed by atoms with Crippen molar-refractivity contribution in [2.45, 2.75) is 18.9 Å². The van der Waals surface area contributed by atoms with E-state index in [-0.39, 0.29) is 11.7 Å². The van der Waals surface area contributed by atoms with E-state index in [1.54, 1.807) is 41.0 Å². The van der Waals surface area contributed by atoms with E-state index in [1.165, 1.54) is 16.9 Å². The first-order chi connectivity index (χ1) is 12.1. The van der Waals surface area contributed by atoms with Crippen LogP contribution in [-0.4, -0.2) is 42.4 Å². The Hall–Kier alpha value is -3.10. The van der Waals surface area contributed by atoms with Crippen molar-refractivity contribution >= 4 is 11.7 Å². The van der Waals surface area contributed by atoms with E-state index < -0.39 is 6.04 Å². The van der Waals surface area contributed by atoms with Crippen LogP contribution in [0.15, 0.2) is 36.5 Å². The third-order valence-electron chi connectivity index (χ3n) is 4.18. The van der Waals surface area contributed by atoms with E-state index in [2.05, 4.69) is 20.5 Å². The molecule has 9 heteroatoms. The highest BCUT2D eigenvalue weighted by molar-refractivity contribution is 5.95. The smallest absolute Gasteiger partial charge is 0.255 e. The number of halogens is 1. The molecule has 3 heterocycles. The van der Waals surface area contributed by atoms with Crippen LogP contribution in [0.5, 0.6) is 0 Å². The highest BCUT2D eigenvalue weighted by Crippen LogP contribution is 2.26. The monoisotopic (exact) mass is 341 g/mol. The number of aromatic nitrogens is 6. The molecule has 128 valence electrons. The second kappa shape index (κ2) is 6.08. The highest BCUT2D eigenvalue weighted by Gasteiger charge is 2.33. The summed E-state index contributed by atoms with van der Waals surface area (Å²) in [5.41, 5.74) is 0.524. The number of amides is 1. The zero-order chi connectivity index (χ0) is 17.4. The van der Waals surface area contributed by atoms with E-state index in [1.807, 2.05) is 0 Å². The van der Waals surface area contributed by atoms with Gasteiger partial charge in [0, 0.05) is 31.4 Å². The van der Waals surface area contributed by atoms with Gasteiger partial charge in [0.1, 0.15) is 5.82 Å². The number of carbonyl (C=O) groups is 1. The number of piperidine rings is 1. The fourth-order valence-corrected chi connectivity index (χ4v) is 2.95. The van der Waals surface area contributed by atoms with Crippen LogP contribution < -0.4 is 4.90 Å². The minimum atomic E-state index is -0.537. The maximum absolute atomic E-state index is 13.4. The predicted octanol–water partition coefficient (Wildman–Crippen LogP) is 1.58. The molecular formula is C16H16FN7O. The summed E-state index contributed by atoms with van der Waals surface area (Å²) in [4.78, 5) is 15.8. The molecule has 3 aromatic rings. The van der Waals surface area contributed by atoms with Crippen molar-refractivity contribution < 1.29 is 9.18 Å². The van der Waals surface area contributed by atoms with Gasteiger partial charge in [-0.1, -0.05) is 12.1 Å². The first-order valence-electron chi connectivity index (χ1n) is 7.98. The quantitative estimate of drug-likeness (QED) is 0.722. The maximum atomic E-state index is 13.4. The average Bonchev–Trinajstić information content (AvgIpc) is 3.24.